The van der Waals surface area contributed by atoms with Crippen molar-refractivity contribution in [1.29, 1.82) is 0 Å². The average molecular weight is 310 g/mol. The van der Waals surface area contributed by atoms with E-state index in [1.807, 2.05) is 12.1 Å². The van der Waals surface area contributed by atoms with Gasteiger partial charge in [0.15, 0.2) is 0 Å². The van der Waals surface area contributed by atoms with Gasteiger partial charge in [-0.2, -0.15) is 0 Å². The zero-order valence-electron chi connectivity index (χ0n) is 11.5. The van der Waals surface area contributed by atoms with Gasteiger partial charge in [-0.1, -0.05) is 19.1 Å². The Hall–Kier alpha value is -1.37. The zero-order chi connectivity index (χ0) is 14.8. The molecule has 3 N–H and O–H groups in total. The summed E-state index contributed by atoms with van der Waals surface area (Å²) in [5.74, 6) is 0. The molecule has 1 aromatic carbocycles. The van der Waals surface area contributed by atoms with Crippen molar-refractivity contribution in [3.8, 4) is 0 Å². The minimum Gasteiger partial charge on any atom is -0.326 e. The third kappa shape index (κ3) is 3.20. The first-order valence-electron chi connectivity index (χ1n) is 6.37. The molecular weight excluding hydrogens is 292 g/mol. The van der Waals surface area contributed by atoms with Crippen LogP contribution in [0.3, 0.4) is 0 Å². The van der Waals surface area contributed by atoms with Crippen LogP contribution in [0, 0.1) is 6.92 Å². The number of sulfonamides is 1. The molecule has 0 aliphatic carbocycles. The summed E-state index contributed by atoms with van der Waals surface area (Å²) in [7, 11) is -3.55. The predicted molar refractivity (Wildman–Crippen MR) is 83.6 cm³/mol. The summed E-state index contributed by atoms with van der Waals surface area (Å²) in [6, 6.07) is 9.04. The Labute approximate surface area is 123 Å². The molecular formula is C14H18N2O2S2. The molecule has 0 atom stereocenters. The summed E-state index contributed by atoms with van der Waals surface area (Å²) < 4.78 is 27.3. The quantitative estimate of drug-likeness (QED) is 0.892. The van der Waals surface area contributed by atoms with E-state index in [2.05, 4.69) is 11.6 Å². The van der Waals surface area contributed by atoms with E-state index in [9.17, 15) is 8.42 Å². The molecule has 2 aromatic rings. The predicted octanol–water partition coefficient (Wildman–Crippen LogP) is 2.88. The fraction of sp³-hybridized carbons (Fsp3) is 0.286. The van der Waals surface area contributed by atoms with Gasteiger partial charge in [0.25, 0.3) is 10.0 Å². The molecule has 0 spiro atoms. The van der Waals surface area contributed by atoms with Crippen molar-refractivity contribution in [2.75, 3.05) is 4.72 Å². The van der Waals surface area contributed by atoms with Crippen LogP contribution in [-0.2, 0) is 23.0 Å². The van der Waals surface area contributed by atoms with Gasteiger partial charge in [0, 0.05) is 22.0 Å². The molecule has 0 radical (unpaired) electrons. The number of hydrogen-bond donors (Lipinski definition) is 2. The SMILES string of the molecule is CCc1ccc(NS(=O)(=O)c2cc(CN)sc2C)cc1. The molecule has 0 fully saturated rings. The monoisotopic (exact) mass is 310 g/mol. The maximum Gasteiger partial charge on any atom is 0.263 e. The molecule has 0 aliphatic heterocycles. The Bertz CT molecular complexity index is 688. The second-order valence-electron chi connectivity index (χ2n) is 4.49. The lowest BCUT2D eigenvalue weighted by Crippen LogP contribution is -2.13. The van der Waals surface area contributed by atoms with Crippen molar-refractivity contribution < 1.29 is 8.42 Å². The Morgan fingerprint density at radius 1 is 1.25 bits per heavy atom. The number of benzene rings is 1. The third-order valence-electron chi connectivity index (χ3n) is 3.03. The number of nitrogens with two attached hydrogens (primary N) is 1. The standard InChI is InChI=1S/C14H18N2O2S2/c1-3-11-4-6-12(7-5-11)16-20(17,18)14-8-13(9-15)19-10(14)2/h4-8,16H,3,9,15H2,1-2H3. The van der Waals surface area contributed by atoms with Crippen molar-refractivity contribution in [2.24, 2.45) is 5.73 Å². The first-order chi connectivity index (χ1) is 9.46. The molecule has 0 bridgehead atoms. The number of thiophene rings is 1. The van der Waals surface area contributed by atoms with E-state index >= 15 is 0 Å². The number of anilines is 1. The van der Waals surface area contributed by atoms with Crippen LogP contribution in [0.25, 0.3) is 0 Å². The van der Waals surface area contributed by atoms with Crippen LogP contribution in [0.1, 0.15) is 22.2 Å². The van der Waals surface area contributed by atoms with E-state index in [0.717, 1.165) is 16.2 Å². The highest BCUT2D eigenvalue weighted by molar-refractivity contribution is 7.93. The molecule has 0 unspecified atom stereocenters. The van der Waals surface area contributed by atoms with Gasteiger partial charge in [-0.25, -0.2) is 8.42 Å². The lowest BCUT2D eigenvalue weighted by Gasteiger charge is -2.08. The summed E-state index contributed by atoms with van der Waals surface area (Å²) in [4.78, 5) is 1.93. The van der Waals surface area contributed by atoms with Crippen molar-refractivity contribution >= 4 is 27.0 Å². The van der Waals surface area contributed by atoms with Crippen LogP contribution in [0.4, 0.5) is 5.69 Å². The van der Waals surface area contributed by atoms with Gasteiger partial charge in [-0.05, 0) is 37.1 Å². The topological polar surface area (TPSA) is 72.2 Å². The highest BCUT2D eigenvalue weighted by atomic mass is 32.2. The number of aryl methyl sites for hydroxylation is 2. The van der Waals surface area contributed by atoms with Gasteiger partial charge >= 0.3 is 0 Å². The molecule has 108 valence electrons. The highest BCUT2D eigenvalue weighted by Crippen LogP contribution is 2.27. The lowest BCUT2D eigenvalue weighted by molar-refractivity contribution is 0.601. The zero-order valence-corrected chi connectivity index (χ0v) is 13.1. The molecule has 4 nitrogen and oxygen atoms in total. The van der Waals surface area contributed by atoms with Crippen molar-refractivity contribution in [3.05, 3.63) is 45.6 Å². The highest BCUT2D eigenvalue weighted by Gasteiger charge is 2.19. The van der Waals surface area contributed by atoms with Crippen molar-refractivity contribution in [3.63, 3.8) is 0 Å². The van der Waals surface area contributed by atoms with Gasteiger partial charge < -0.3 is 5.73 Å². The van der Waals surface area contributed by atoms with Crippen molar-refractivity contribution in [1.82, 2.24) is 0 Å². The molecule has 0 amide bonds. The van der Waals surface area contributed by atoms with Crippen LogP contribution >= 0.6 is 11.3 Å². The lowest BCUT2D eigenvalue weighted by atomic mass is 10.2. The number of hydrogen-bond acceptors (Lipinski definition) is 4. The minimum atomic E-state index is -3.55. The maximum atomic E-state index is 12.4. The summed E-state index contributed by atoms with van der Waals surface area (Å²) in [5, 5.41) is 0. The van der Waals surface area contributed by atoms with E-state index in [1.54, 1.807) is 25.1 Å². The second-order valence-corrected chi connectivity index (χ2v) is 7.48. The molecule has 0 saturated carbocycles. The largest absolute Gasteiger partial charge is 0.326 e. The Morgan fingerprint density at radius 3 is 2.40 bits per heavy atom. The average Bonchev–Trinajstić information content (AvgIpc) is 2.81. The molecule has 20 heavy (non-hydrogen) atoms. The van der Waals surface area contributed by atoms with Crippen LogP contribution < -0.4 is 10.5 Å². The van der Waals surface area contributed by atoms with E-state index < -0.39 is 10.0 Å². The van der Waals surface area contributed by atoms with Crippen LogP contribution in [0.15, 0.2) is 35.2 Å². The minimum absolute atomic E-state index is 0.308. The fourth-order valence-corrected chi connectivity index (χ4v) is 4.48. The normalized spacial score (nSPS) is 11.6. The molecule has 1 heterocycles. The second kappa shape index (κ2) is 5.95. The van der Waals surface area contributed by atoms with Crippen molar-refractivity contribution in [2.45, 2.75) is 31.7 Å². The molecule has 6 heteroatoms. The number of rotatable bonds is 5. The molecule has 2 rings (SSSR count). The Balaban J connectivity index is 2.27. The van der Waals surface area contributed by atoms with Crippen LogP contribution in [0.5, 0.6) is 0 Å². The van der Waals surface area contributed by atoms with Crippen LogP contribution in [-0.4, -0.2) is 8.42 Å². The van der Waals surface area contributed by atoms with E-state index in [4.69, 9.17) is 5.73 Å². The van der Waals surface area contributed by atoms with E-state index in [1.165, 1.54) is 16.9 Å². The van der Waals surface area contributed by atoms with Gasteiger partial charge in [0.1, 0.15) is 4.90 Å². The smallest absolute Gasteiger partial charge is 0.263 e. The van der Waals surface area contributed by atoms with Crippen LogP contribution in [0.2, 0.25) is 0 Å². The summed E-state index contributed by atoms with van der Waals surface area (Å²) >= 11 is 1.41. The maximum absolute atomic E-state index is 12.4. The number of nitrogens with one attached hydrogen (secondary N) is 1. The first kappa shape index (κ1) is 15.0. The van der Waals surface area contributed by atoms with E-state index in [-0.39, 0.29) is 0 Å². The Morgan fingerprint density at radius 2 is 1.90 bits per heavy atom. The van der Waals surface area contributed by atoms with E-state index in [0.29, 0.717) is 17.1 Å². The summed E-state index contributed by atoms with van der Waals surface area (Å²) in [6.45, 7) is 4.20. The van der Waals surface area contributed by atoms with Gasteiger partial charge in [-0.15, -0.1) is 11.3 Å². The summed E-state index contributed by atoms with van der Waals surface area (Å²) in [5.41, 5.74) is 7.30. The fourth-order valence-electron chi connectivity index (χ4n) is 1.91. The van der Waals surface area contributed by atoms with Gasteiger partial charge in [0.2, 0.25) is 0 Å². The van der Waals surface area contributed by atoms with Gasteiger partial charge in [-0.3, -0.25) is 4.72 Å². The Kier molecular flexibility index (Phi) is 4.47. The molecule has 1 aromatic heterocycles. The van der Waals surface area contributed by atoms with Gasteiger partial charge in [0.05, 0.1) is 0 Å². The summed E-state index contributed by atoms with van der Waals surface area (Å²) in [6.07, 6.45) is 0.927. The molecule has 0 saturated heterocycles. The first-order valence-corrected chi connectivity index (χ1v) is 8.67. The third-order valence-corrected chi connectivity index (χ3v) is 5.74. The molecule has 0 aliphatic rings.